The number of nitrogens with two attached hydrogens (primary N) is 1. The number of hydrogen-bond acceptors (Lipinski definition) is 5. The Morgan fingerprint density at radius 1 is 1.14 bits per heavy atom. The van der Waals surface area contributed by atoms with E-state index >= 15 is 0 Å². The van der Waals surface area contributed by atoms with Crippen LogP contribution < -0.4 is 15.6 Å². The molecule has 0 bridgehead atoms. The van der Waals surface area contributed by atoms with E-state index in [9.17, 15) is 4.39 Å². The van der Waals surface area contributed by atoms with Crippen LogP contribution in [0.2, 0.25) is 0 Å². The van der Waals surface area contributed by atoms with Gasteiger partial charge in [0, 0.05) is 0 Å². The van der Waals surface area contributed by atoms with Crippen LogP contribution in [0, 0.1) is 5.82 Å². The molecule has 5 nitrogen and oxygen atoms in total. The van der Waals surface area contributed by atoms with Crippen LogP contribution in [-0.2, 0) is 0 Å². The normalized spacial score (nSPS) is 10.8. The Morgan fingerprint density at radius 2 is 1.90 bits per heavy atom. The second kappa shape index (κ2) is 5.80. The predicted octanol–water partition coefficient (Wildman–Crippen LogP) is 2.73. The molecule has 0 atom stereocenters. The van der Waals surface area contributed by atoms with Gasteiger partial charge in [-0.3, -0.25) is 5.01 Å². The van der Waals surface area contributed by atoms with Crippen molar-refractivity contribution >= 4 is 17.1 Å². The Hall–Kier alpha value is -2.60. The maximum absolute atomic E-state index is 12.8. The van der Waals surface area contributed by atoms with Crippen LogP contribution >= 0.6 is 0 Å². The number of halogens is 1. The molecule has 0 saturated heterocycles. The third-order valence-electron chi connectivity index (χ3n) is 2.94. The van der Waals surface area contributed by atoms with E-state index in [1.54, 1.807) is 12.1 Å². The maximum Gasteiger partial charge on any atom is 0.313 e. The third kappa shape index (κ3) is 3.11. The number of rotatable bonds is 5. The lowest BCUT2D eigenvalue weighted by molar-refractivity contribution is 0.320. The van der Waals surface area contributed by atoms with Gasteiger partial charge < -0.3 is 9.15 Å². The Kier molecular flexibility index (Phi) is 3.70. The van der Waals surface area contributed by atoms with Crippen LogP contribution in [0.25, 0.3) is 11.1 Å². The lowest BCUT2D eigenvalue weighted by Gasteiger charge is -2.14. The average Bonchev–Trinajstić information content (AvgIpc) is 2.93. The van der Waals surface area contributed by atoms with Crippen LogP contribution in [0.15, 0.2) is 52.9 Å². The molecule has 0 fully saturated rings. The molecule has 6 heteroatoms. The van der Waals surface area contributed by atoms with Gasteiger partial charge in [0.2, 0.25) is 0 Å². The number of benzene rings is 2. The summed E-state index contributed by atoms with van der Waals surface area (Å²) in [5, 5.41) is 1.38. The molecule has 0 aliphatic carbocycles. The van der Waals surface area contributed by atoms with E-state index < -0.39 is 0 Å². The van der Waals surface area contributed by atoms with Crippen LogP contribution in [0.5, 0.6) is 5.75 Å². The lowest BCUT2D eigenvalue weighted by atomic mass is 10.3. The van der Waals surface area contributed by atoms with E-state index in [4.69, 9.17) is 15.0 Å². The first-order chi connectivity index (χ1) is 10.2. The van der Waals surface area contributed by atoms with E-state index in [-0.39, 0.29) is 5.82 Å². The number of nitrogens with zero attached hydrogens (tertiary/aromatic N) is 2. The van der Waals surface area contributed by atoms with Crippen molar-refractivity contribution in [1.82, 2.24) is 4.98 Å². The molecule has 108 valence electrons. The zero-order valence-electron chi connectivity index (χ0n) is 11.2. The number of aromatic nitrogens is 1. The Morgan fingerprint density at radius 3 is 2.67 bits per heavy atom. The molecule has 0 unspecified atom stereocenters. The van der Waals surface area contributed by atoms with Gasteiger partial charge in [0.15, 0.2) is 5.58 Å². The average molecular weight is 287 g/mol. The number of fused-ring (bicyclic) bond motifs is 1. The summed E-state index contributed by atoms with van der Waals surface area (Å²) in [6.07, 6.45) is 0. The predicted molar refractivity (Wildman–Crippen MR) is 77.4 cm³/mol. The number of hydrogen-bond donors (Lipinski definition) is 1. The number of oxazole rings is 1. The first-order valence-electron chi connectivity index (χ1n) is 6.48. The summed E-state index contributed by atoms with van der Waals surface area (Å²) in [7, 11) is 0. The summed E-state index contributed by atoms with van der Waals surface area (Å²) in [5.74, 6) is 6.17. The van der Waals surface area contributed by atoms with Crippen LogP contribution in [0.1, 0.15) is 0 Å². The molecule has 1 aromatic heterocycles. The van der Waals surface area contributed by atoms with Gasteiger partial charge in [-0.1, -0.05) is 12.1 Å². The smallest absolute Gasteiger partial charge is 0.313 e. The standard InChI is InChI=1S/C15H14FN3O2/c16-11-5-7-12(8-6-11)20-10-9-19(17)15-18-13-3-1-2-4-14(13)21-15/h1-8H,9-10,17H2. The first kappa shape index (κ1) is 13.4. The topological polar surface area (TPSA) is 64.5 Å². The van der Waals surface area contributed by atoms with E-state index in [2.05, 4.69) is 4.98 Å². The number of anilines is 1. The third-order valence-corrected chi connectivity index (χ3v) is 2.94. The van der Waals surface area contributed by atoms with Crippen LogP contribution in [0.3, 0.4) is 0 Å². The summed E-state index contributed by atoms with van der Waals surface area (Å²) in [6.45, 7) is 0.727. The van der Waals surface area contributed by atoms with Crippen molar-refractivity contribution in [2.75, 3.05) is 18.2 Å². The van der Waals surface area contributed by atoms with Crippen molar-refractivity contribution in [3.05, 3.63) is 54.3 Å². The fraction of sp³-hybridized carbons (Fsp3) is 0.133. The summed E-state index contributed by atoms with van der Waals surface area (Å²) in [6, 6.07) is 13.6. The molecule has 0 aliphatic heterocycles. The molecule has 2 aromatic carbocycles. The van der Waals surface area contributed by atoms with Gasteiger partial charge in [-0.2, -0.15) is 4.98 Å². The SMILES string of the molecule is NN(CCOc1ccc(F)cc1)c1nc2ccccc2o1. The van der Waals surface area contributed by atoms with E-state index in [1.165, 1.54) is 17.1 Å². The van der Waals surface area contributed by atoms with Gasteiger partial charge in [-0.25, -0.2) is 10.2 Å². The van der Waals surface area contributed by atoms with E-state index in [0.29, 0.717) is 30.5 Å². The highest BCUT2D eigenvalue weighted by atomic mass is 19.1. The molecule has 0 saturated carbocycles. The Balaban J connectivity index is 1.58. The maximum atomic E-state index is 12.8. The second-order valence-electron chi connectivity index (χ2n) is 4.46. The fourth-order valence-electron chi connectivity index (χ4n) is 1.87. The highest BCUT2D eigenvalue weighted by Gasteiger charge is 2.10. The van der Waals surface area contributed by atoms with E-state index in [1.807, 2.05) is 24.3 Å². The van der Waals surface area contributed by atoms with Gasteiger partial charge in [0.05, 0.1) is 6.54 Å². The molecule has 0 spiro atoms. The van der Waals surface area contributed by atoms with Crippen LogP contribution in [-0.4, -0.2) is 18.1 Å². The molecular formula is C15H14FN3O2. The lowest BCUT2D eigenvalue weighted by Crippen LogP contribution is -2.35. The molecule has 21 heavy (non-hydrogen) atoms. The van der Waals surface area contributed by atoms with Gasteiger partial charge in [0.25, 0.3) is 0 Å². The summed E-state index contributed by atoms with van der Waals surface area (Å²) < 4.78 is 23.8. The first-order valence-corrected chi connectivity index (χ1v) is 6.48. The molecule has 0 radical (unpaired) electrons. The van der Waals surface area contributed by atoms with Crippen molar-refractivity contribution in [2.24, 2.45) is 5.84 Å². The number of hydrazine groups is 1. The Bertz CT molecular complexity index is 694. The van der Waals surface area contributed by atoms with Crippen molar-refractivity contribution in [1.29, 1.82) is 0 Å². The van der Waals surface area contributed by atoms with Crippen molar-refractivity contribution in [3.8, 4) is 5.75 Å². The van der Waals surface area contributed by atoms with Crippen molar-refractivity contribution in [2.45, 2.75) is 0 Å². The number of ether oxygens (including phenoxy) is 1. The van der Waals surface area contributed by atoms with Gasteiger partial charge in [-0.05, 0) is 36.4 Å². The minimum atomic E-state index is -0.297. The number of para-hydroxylation sites is 2. The summed E-state index contributed by atoms with van der Waals surface area (Å²) >= 11 is 0. The van der Waals surface area contributed by atoms with Crippen LogP contribution in [0.4, 0.5) is 10.4 Å². The minimum absolute atomic E-state index is 0.297. The molecule has 2 N–H and O–H groups in total. The molecule has 3 aromatic rings. The zero-order chi connectivity index (χ0) is 14.7. The van der Waals surface area contributed by atoms with Crippen molar-refractivity contribution in [3.63, 3.8) is 0 Å². The highest BCUT2D eigenvalue weighted by Crippen LogP contribution is 2.19. The fourth-order valence-corrected chi connectivity index (χ4v) is 1.87. The van der Waals surface area contributed by atoms with Gasteiger partial charge >= 0.3 is 6.01 Å². The zero-order valence-corrected chi connectivity index (χ0v) is 11.2. The highest BCUT2D eigenvalue weighted by molar-refractivity contribution is 5.74. The summed E-state index contributed by atoms with van der Waals surface area (Å²) in [5.41, 5.74) is 1.44. The minimum Gasteiger partial charge on any atom is -0.492 e. The second-order valence-corrected chi connectivity index (χ2v) is 4.46. The molecule has 1 heterocycles. The van der Waals surface area contributed by atoms with E-state index in [0.717, 1.165) is 5.52 Å². The molecule has 0 aliphatic rings. The van der Waals surface area contributed by atoms with Gasteiger partial charge in [0.1, 0.15) is 23.7 Å². The summed E-state index contributed by atoms with van der Waals surface area (Å²) in [4.78, 5) is 4.28. The van der Waals surface area contributed by atoms with Crippen molar-refractivity contribution < 1.29 is 13.5 Å². The molecule has 3 rings (SSSR count). The Labute approximate surface area is 120 Å². The monoisotopic (exact) mass is 287 g/mol. The largest absolute Gasteiger partial charge is 0.492 e. The quantitative estimate of drug-likeness (QED) is 0.577. The van der Waals surface area contributed by atoms with Gasteiger partial charge in [-0.15, -0.1) is 0 Å². The molecule has 0 amide bonds. The molecular weight excluding hydrogens is 273 g/mol.